The number of carbonyl (C=O) groups is 3. The van der Waals surface area contributed by atoms with Crippen LogP contribution in [0.25, 0.3) is 0 Å². The molecule has 7 nitrogen and oxygen atoms in total. The predicted octanol–water partition coefficient (Wildman–Crippen LogP) is 1.73. The van der Waals surface area contributed by atoms with Crippen LogP contribution in [0.4, 0.5) is 4.79 Å². The molecule has 0 bridgehead atoms. The van der Waals surface area contributed by atoms with Gasteiger partial charge in [-0.15, -0.1) is 0 Å². The zero-order valence-corrected chi connectivity index (χ0v) is 13.5. The summed E-state index contributed by atoms with van der Waals surface area (Å²) < 4.78 is 6.68. The highest BCUT2D eigenvalue weighted by Gasteiger charge is 2.23. The summed E-state index contributed by atoms with van der Waals surface area (Å²) in [5.41, 5.74) is 0.344. The summed E-state index contributed by atoms with van der Waals surface area (Å²) in [5, 5.41) is 5.00. The number of rotatable bonds is 4. The average molecular weight is 321 g/mol. The normalized spacial score (nSPS) is 16.4. The Balaban J connectivity index is 1.79. The molecule has 1 heterocycles. The number of aromatic nitrogens is 1. The smallest absolute Gasteiger partial charge is 0.355 e. The van der Waals surface area contributed by atoms with E-state index in [1.165, 1.54) is 13.3 Å². The molecule has 0 saturated heterocycles. The number of amides is 3. The molecule has 1 saturated carbocycles. The standard InChI is InChI=1S/C16H23N3O4/c1-11(23-15(21)13-9-6-10-19(13)2)14(20)18-16(22)17-12-7-4-3-5-8-12/h6,9-12H,3-5,7-8H2,1-2H3,(H2,17,18,20,22). The van der Waals surface area contributed by atoms with E-state index in [4.69, 9.17) is 4.74 Å². The number of hydrogen-bond donors (Lipinski definition) is 2. The quantitative estimate of drug-likeness (QED) is 0.827. The highest BCUT2D eigenvalue weighted by atomic mass is 16.5. The monoisotopic (exact) mass is 321 g/mol. The molecule has 2 N–H and O–H groups in total. The SMILES string of the molecule is CC(OC(=O)c1cccn1C)C(=O)NC(=O)NC1CCCCC1. The summed E-state index contributed by atoms with van der Waals surface area (Å²) in [6.45, 7) is 1.43. The summed E-state index contributed by atoms with van der Waals surface area (Å²) in [5.74, 6) is -1.24. The van der Waals surface area contributed by atoms with E-state index in [-0.39, 0.29) is 6.04 Å². The van der Waals surface area contributed by atoms with Gasteiger partial charge in [0.1, 0.15) is 5.69 Å². The van der Waals surface area contributed by atoms with Crippen molar-refractivity contribution in [2.45, 2.75) is 51.2 Å². The molecule has 1 aliphatic carbocycles. The van der Waals surface area contributed by atoms with Crippen LogP contribution >= 0.6 is 0 Å². The van der Waals surface area contributed by atoms with Crippen LogP contribution in [0.2, 0.25) is 0 Å². The molecule has 1 aromatic heterocycles. The lowest BCUT2D eigenvalue weighted by atomic mass is 9.96. The maximum absolute atomic E-state index is 11.9. The lowest BCUT2D eigenvalue weighted by Crippen LogP contribution is -2.48. The molecule has 0 radical (unpaired) electrons. The second-order valence-electron chi connectivity index (χ2n) is 5.85. The van der Waals surface area contributed by atoms with Crippen LogP contribution < -0.4 is 10.6 Å². The van der Waals surface area contributed by atoms with Gasteiger partial charge < -0.3 is 14.6 Å². The van der Waals surface area contributed by atoms with Gasteiger partial charge in [0.05, 0.1) is 0 Å². The van der Waals surface area contributed by atoms with Gasteiger partial charge in [-0.25, -0.2) is 9.59 Å². The maximum atomic E-state index is 11.9. The number of urea groups is 1. The summed E-state index contributed by atoms with van der Waals surface area (Å²) >= 11 is 0. The van der Waals surface area contributed by atoms with Crippen molar-refractivity contribution in [2.75, 3.05) is 0 Å². The lowest BCUT2D eigenvalue weighted by Gasteiger charge is -2.23. The number of nitrogens with one attached hydrogen (secondary N) is 2. The van der Waals surface area contributed by atoms with Crippen LogP contribution in [0.1, 0.15) is 49.5 Å². The van der Waals surface area contributed by atoms with Crippen molar-refractivity contribution in [2.24, 2.45) is 7.05 Å². The van der Waals surface area contributed by atoms with E-state index in [0.717, 1.165) is 25.7 Å². The average Bonchev–Trinajstić information content (AvgIpc) is 2.94. The lowest BCUT2D eigenvalue weighted by molar-refractivity contribution is -0.127. The van der Waals surface area contributed by atoms with E-state index in [1.54, 1.807) is 29.9 Å². The van der Waals surface area contributed by atoms with Gasteiger partial charge in [-0.3, -0.25) is 10.1 Å². The third-order valence-electron chi connectivity index (χ3n) is 3.98. The van der Waals surface area contributed by atoms with Gasteiger partial charge in [-0.2, -0.15) is 0 Å². The molecule has 1 fully saturated rings. The Labute approximate surface area is 135 Å². The zero-order chi connectivity index (χ0) is 16.8. The van der Waals surface area contributed by atoms with E-state index in [9.17, 15) is 14.4 Å². The van der Waals surface area contributed by atoms with Crippen LogP contribution in [0.15, 0.2) is 18.3 Å². The first-order valence-corrected chi connectivity index (χ1v) is 7.91. The molecule has 1 atom stereocenters. The third kappa shape index (κ3) is 4.84. The maximum Gasteiger partial charge on any atom is 0.355 e. The minimum Gasteiger partial charge on any atom is -0.448 e. The van der Waals surface area contributed by atoms with E-state index < -0.39 is 24.0 Å². The Hall–Kier alpha value is -2.31. The van der Waals surface area contributed by atoms with Crippen molar-refractivity contribution in [3.8, 4) is 0 Å². The van der Waals surface area contributed by atoms with Crippen molar-refractivity contribution >= 4 is 17.9 Å². The Morgan fingerprint density at radius 2 is 1.96 bits per heavy atom. The van der Waals surface area contributed by atoms with Crippen LogP contribution in [-0.2, 0) is 16.6 Å². The molecule has 1 aliphatic rings. The van der Waals surface area contributed by atoms with Crippen molar-refractivity contribution < 1.29 is 19.1 Å². The van der Waals surface area contributed by atoms with Gasteiger partial charge in [0.2, 0.25) is 0 Å². The van der Waals surface area contributed by atoms with Gasteiger partial charge in [0.15, 0.2) is 6.10 Å². The van der Waals surface area contributed by atoms with Crippen LogP contribution in [0.5, 0.6) is 0 Å². The van der Waals surface area contributed by atoms with Crippen molar-refractivity contribution in [1.29, 1.82) is 0 Å². The van der Waals surface area contributed by atoms with Gasteiger partial charge in [-0.1, -0.05) is 19.3 Å². The summed E-state index contributed by atoms with van der Waals surface area (Å²) in [6, 6.07) is 2.88. The Morgan fingerprint density at radius 1 is 1.26 bits per heavy atom. The van der Waals surface area contributed by atoms with Crippen molar-refractivity contribution in [1.82, 2.24) is 15.2 Å². The first-order chi connectivity index (χ1) is 11.0. The van der Waals surface area contributed by atoms with Crippen LogP contribution in [0, 0.1) is 0 Å². The number of carbonyl (C=O) groups excluding carboxylic acids is 3. The Morgan fingerprint density at radius 3 is 2.57 bits per heavy atom. The predicted molar refractivity (Wildman–Crippen MR) is 83.8 cm³/mol. The molecular formula is C16H23N3O4. The van der Waals surface area contributed by atoms with E-state index in [1.807, 2.05) is 0 Å². The second-order valence-corrected chi connectivity index (χ2v) is 5.85. The number of esters is 1. The van der Waals surface area contributed by atoms with Crippen LogP contribution in [-0.4, -0.2) is 34.6 Å². The Bertz CT molecular complexity index is 576. The molecule has 7 heteroatoms. The highest BCUT2D eigenvalue weighted by molar-refractivity contribution is 5.98. The fourth-order valence-electron chi connectivity index (χ4n) is 2.63. The van der Waals surface area contributed by atoms with Gasteiger partial charge >= 0.3 is 12.0 Å². The summed E-state index contributed by atoms with van der Waals surface area (Å²) in [6.07, 6.45) is 5.88. The minimum absolute atomic E-state index is 0.109. The van der Waals surface area contributed by atoms with Crippen molar-refractivity contribution in [3.63, 3.8) is 0 Å². The molecule has 1 aromatic rings. The number of ether oxygens (including phenoxy) is 1. The second kappa shape index (κ2) is 7.80. The third-order valence-corrected chi connectivity index (χ3v) is 3.98. The molecule has 0 spiro atoms. The number of nitrogens with zero attached hydrogens (tertiary/aromatic N) is 1. The molecule has 1 unspecified atom stereocenters. The van der Waals surface area contributed by atoms with Crippen molar-refractivity contribution in [3.05, 3.63) is 24.0 Å². The summed E-state index contributed by atoms with van der Waals surface area (Å²) in [7, 11) is 1.71. The topological polar surface area (TPSA) is 89.4 Å². The molecule has 2 rings (SSSR count). The highest BCUT2D eigenvalue weighted by Crippen LogP contribution is 2.17. The number of imide groups is 1. The van der Waals surface area contributed by atoms with Gasteiger partial charge in [0, 0.05) is 19.3 Å². The van der Waals surface area contributed by atoms with Gasteiger partial charge in [0.25, 0.3) is 5.91 Å². The number of aryl methyl sites for hydroxylation is 1. The fraction of sp³-hybridized carbons (Fsp3) is 0.562. The molecular weight excluding hydrogens is 298 g/mol. The van der Waals surface area contributed by atoms with Gasteiger partial charge in [-0.05, 0) is 31.9 Å². The van der Waals surface area contributed by atoms with E-state index >= 15 is 0 Å². The van der Waals surface area contributed by atoms with Crippen LogP contribution in [0.3, 0.4) is 0 Å². The first kappa shape index (κ1) is 17.1. The molecule has 23 heavy (non-hydrogen) atoms. The zero-order valence-electron chi connectivity index (χ0n) is 13.5. The molecule has 0 aromatic carbocycles. The molecule has 0 aliphatic heterocycles. The minimum atomic E-state index is -1.05. The van der Waals surface area contributed by atoms with E-state index in [0.29, 0.717) is 5.69 Å². The molecule has 126 valence electrons. The fourth-order valence-corrected chi connectivity index (χ4v) is 2.63. The number of hydrogen-bond acceptors (Lipinski definition) is 4. The Kier molecular flexibility index (Phi) is 5.78. The first-order valence-electron chi connectivity index (χ1n) is 7.91. The van der Waals surface area contributed by atoms with E-state index in [2.05, 4.69) is 10.6 Å². The summed E-state index contributed by atoms with van der Waals surface area (Å²) in [4.78, 5) is 35.7. The largest absolute Gasteiger partial charge is 0.448 e. The molecule has 3 amide bonds.